The Labute approximate surface area is 125 Å². The van der Waals surface area contributed by atoms with Crippen molar-refractivity contribution >= 4 is 5.91 Å². The van der Waals surface area contributed by atoms with Crippen LogP contribution in [0.1, 0.15) is 42.5 Å². The lowest BCUT2D eigenvalue weighted by Gasteiger charge is -2.14. The van der Waals surface area contributed by atoms with E-state index in [9.17, 15) is 4.79 Å². The molecular formula is C15H23N5O. The molecule has 2 heterocycles. The van der Waals surface area contributed by atoms with E-state index in [1.165, 1.54) is 0 Å². The van der Waals surface area contributed by atoms with Crippen LogP contribution in [0.15, 0.2) is 12.3 Å². The van der Waals surface area contributed by atoms with Crippen LogP contribution in [-0.4, -0.2) is 25.5 Å². The first-order valence-electron chi connectivity index (χ1n) is 7.25. The highest BCUT2D eigenvalue weighted by Crippen LogP contribution is 2.16. The van der Waals surface area contributed by atoms with Crippen LogP contribution in [0, 0.1) is 20.8 Å². The zero-order valence-electron chi connectivity index (χ0n) is 13.3. The van der Waals surface area contributed by atoms with Gasteiger partial charge in [-0.05, 0) is 40.7 Å². The van der Waals surface area contributed by atoms with Crippen molar-refractivity contribution in [3.63, 3.8) is 0 Å². The molecule has 0 bridgehead atoms. The molecule has 2 aromatic rings. The summed E-state index contributed by atoms with van der Waals surface area (Å²) in [4.78, 5) is 12.1. The zero-order chi connectivity index (χ0) is 15.6. The van der Waals surface area contributed by atoms with Gasteiger partial charge in [0.2, 0.25) is 5.91 Å². The normalized spacial score (nSPS) is 12.4. The minimum Gasteiger partial charge on any atom is -0.348 e. The molecule has 6 heteroatoms. The van der Waals surface area contributed by atoms with E-state index in [-0.39, 0.29) is 18.5 Å². The summed E-state index contributed by atoms with van der Waals surface area (Å²) < 4.78 is 3.65. The summed E-state index contributed by atoms with van der Waals surface area (Å²) in [5, 5.41) is 11.6. The number of nitrogens with zero attached hydrogens (tertiary/aromatic N) is 4. The van der Waals surface area contributed by atoms with E-state index in [1.807, 2.05) is 44.6 Å². The number of nitrogens with one attached hydrogen (secondary N) is 1. The van der Waals surface area contributed by atoms with E-state index < -0.39 is 0 Å². The third kappa shape index (κ3) is 3.32. The van der Waals surface area contributed by atoms with Gasteiger partial charge in [-0.2, -0.15) is 10.2 Å². The van der Waals surface area contributed by atoms with Gasteiger partial charge in [0.15, 0.2) is 0 Å². The second-order valence-corrected chi connectivity index (χ2v) is 5.38. The maximum atomic E-state index is 12.1. The van der Waals surface area contributed by atoms with E-state index in [4.69, 9.17) is 0 Å². The van der Waals surface area contributed by atoms with Gasteiger partial charge in [0.25, 0.3) is 0 Å². The molecular weight excluding hydrogens is 266 g/mol. The molecule has 0 aromatic carbocycles. The van der Waals surface area contributed by atoms with Gasteiger partial charge < -0.3 is 5.32 Å². The highest BCUT2D eigenvalue weighted by atomic mass is 16.2. The van der Waals surface area contributed by atoms with Gasteiger partial charge in [0.1, 0.15) is 6.54 Å². The lowest BCUT2D eigenvalue weighted by molar-refractivity contribution is -0.122. The van der Waals surface area contributed by atoms with Crippen LogP contribution in [0.4, 0.5) is 0 Å². The molecule has 0 saturated heterocycles. The van der Waals surface area contributed by atoms with Crippen molar-refractivity contribution in [3.8, 4) is 0 Å². The molecule has 114 valence electrons. The van der Waals surface area contributed by atoms with Crippen LogP contribution in [0.2, 0.25) is 0 Å². The molecule has 0 aliphatic carbocycles. The van der Waals surface area contributed by atoms with Crippen LogP contribution in [0.25, 0.3) is 0 Å². The van der Waals surface area contributed by atoms with Gasteiger partial charge in [-0.25, -0.2) is 0 Å². The summed E-state index contributed by atoms with van der Waals surface area (Å²) in [5.41, 5.74) is 4.06. The third-order valence-electron chi connectivity index (χ3n) is 3.68. The Bertz CT molecular complexity index is 641. The summed E-state index contributed by atoms with van der Waals surface area (Å²) in [6.07, 6.45) is 1.83. The molecule has 6 nitrogen and oxygen atoms in total. The van der Waals surface area contributed by atoms with Gasteiger partial charge in [-0.3, -0.25) is 14.2 Å². The lowest BCUT2D eigenvalue weighted by atomic mass is 10.1. The van der Waals surface area contributed by atoms with Crippen molar-refractivity contribution < 1.29 is 4.79 Å². The van der Waals surface area contributed by atoms with Crippen LogP contribution >= 0.6 is 0 Å². The largest absolute Gasteiger partial charge is 0.348 e. The number of carbonyl (C=O) groups excluding carboxylic acids is 1. The summed E-state index contributed by atoms with van der Waals surface area (Å²) >= 11 is 0. The molecule has 0 aliphatic rings. The van der Waals surface area contributed by atoms with E-state index >= 15 is 0 Å². The van der Waals surface area contributed by atoms with Crippen molar-refractivity contribution in [1.29, 1.82) is 0 Å². The molecule has 2 rings (SSSR count). The molecule has 0 aliphatic heterocycles. The number of hydrogen-bond acceptors (Lipinski definition) is 3. The maximum absolute atomic E-state index is 12.1. The summed E-state index contributed by atoms with van der Waals surface area (Å²) in [7, 11) is 0. The number of carbonyl (C=O) groups is 1. The highest BCUT2D eigenvalue weighted by molar-refractivity contribution is 5.76. The first-order valence-corrected chi connectivity index (χ1v) is 7.25. The van der Waals surface area contributed by atoms with E-state index in [2.05, 4.69) is 22.4 Å². The maximum Gasteiger partial charge on any atom is 0.242 e. The standard InChI is InChI=1S/C15H23N5O/c1-6-19-13(5)14(8-16-19)12(4)17-15(21)9-20-11(3)7-10(2)18-20/h7-8,12H,6,9H2,1-5H3,(H,17,21). The zero-order valence-corrected chi connectivity index (χ0v) is 13.3. The Morgan fingerprint density at radius 2 is 2.05 bits per heavy atom. The molecule has 1 N–H and O–H groups in total. The Hall–Kier alpha value is -2.11. The second kappa shape index (κ2) is 6.11. The SMILES string of the molecule is CCn1ncc(C(C)NC(=O)Cn2nc(C)cc2C)c1C. The third-order valence-corrected chi connectivity index (χ3v) is 3.68. The van der Waals surface area contributed by atoms with Gasteiger partial charge in [-0.1, -0.05) is 0 Å². The predicted octanol–water partition coefficient (Wildman–Crippen LogP) is 1.90. The number of aryl methyl sites for hydroxylation is 3. The average Bonchev–Trinajstić information content (AvgIpc) is 2.92. The molecule has 1 amide bonds. The monoisotopic (exact) mass is 289 g/mol. The van der Waals surface area contributed by atoms with E-state index in [1.54, 1.807) is 4.68 Å². The molecule has 21 heavy (non-hydrogen) atoms. The Balaban J connectivity index is 2.02. The van der Waals surface area contributed by atoms with E-state index in [0.29, 0.717) is 0 Å². The van der Waals surface area contributed by atoms with Crippen molar-refractivity contribution in [2.45, 2.75) is 53.8 Å². The fourth-order valence-corrected chi connectivity index (χ4v) is 2.54. The quantitative estimate of drug-likeness (QED) is 0.914. The molecule has 0 fully saturated rings. The number of amides is 1. The topological polar surface area (TPSA) is 64.7 Å². The van der Waals surface area contributed by atoms with Crippen LogP contribution in [0.5, 0.6) is 0 Å². The van der Waals surface area contributed by atoms with Crippen molar-refractivity contribution in [2.24, 2.45) is 0 Å². The molecule has 1 unspecified atom stereocenters. The summed E-state index contributed by atoms with van der Waals surface area (Å²) in [5.74, 6) is -0.0441. The molecule has 0 saturated carbocycles. The molecule has 0 spiro atoms. The average molecular weight is 289 g/mol. The van der Waals surface area contributed by atoms with Crippen molar-refractivity contribution in [3.05, 3.63) is 34.9 Å². The molecule has 1 atom stereocenters. The number of aromatic nitrogens is 4. The Morgan fingerprint density at radius 3 is 2.57 bits per heavy atom. The first kappa shape index (κ1) is 15.3. The summed E-state index contributed by atoms with van der Waals surface area (Å²) in [6, 6.07) is 1.90. The highest BCUT2D eigenvalue weighted by Gasteiger charge is 2.16. The summed E-state index contributed by atoms with van der Waals surface area (Å²) in [6.45, 7) is 11.0. The van der Waals surface area contributed by atoms with Crippen molar-refractivity contribution in [2.75, 3.05) is 0 Å². The minimum absolute atomic E-state index is 0.0441. The van der Waals surface area contributed by atoms with Gasteiger partial charge >= 0.3 is 0 Å². The Kier molecular flexibility index (Phi) is 4.45. The van der Waals surface area contributed by atoms with Crippen LogP contribution < -0.4 is 5.32 Å². The number of hydrogen-bond donors (Lipinski definition) is 1. The predicted molar refractivity (Wildman–Crippen MR) is 80.9 cm³/mol. The van der Waals surface area contributed by atoms with E-state index in [0.717, 1.165) is 29.2 Å². The van der Waals surface area contributed by atoms with Crippen LogP contribution in [-0.2, 0) is 17.9 Å². The van der Waals surface area contributed by atoms with Crippen molar-refractivity contribution in [1.82, 2.24) is 24.9 Å². The van der Waals surface area contributed by atoms with Gasteiger partial charge in [0, 0.05) is 23.5 Å². The lowest BCUT2D eigenvalue weighted by Crippen LogP contribution is -2.31. The smallest absolute Gasteiger partial charge is 0.242 e. The minimum atomic E-state index is -0.0604. The molecule has 0 radical (unpaired) electrons. The molecule has 2 aromatic heterocycles. The number of rotatable bonds is 5. The van der Waals surface area contributed by atoms with Crippen LogP contribution in [0.3, 0.4) is 0 Å². The van der Waals surface area contributed by atoms with Gasteiger partial charge in [0.05, 0.1) is 17.9 Å². The van der Waals surface area contributed by atoms with Gasteiger partial charge in [-0.15, -0.1) is 0 Å². The fraction of sp³-hybridized carbons (Fsp3) is 0.533. The first-order chi connectivity index (χ1) is 9.92. The second-order valence-electron chi connectivity index (χ2n) is 5.38. The Morgan fingerprint density at radius 1 is 1.33 bits per heavy atom. The fourth-order valence-electron chi connectivity index (χ4n) is 2.54.